The molecule has 2 unspecified atom stereocenters. The predicted molar refractivity (Wildman–Crippen MR) is 308 cm³/mol. The van der Waals surface area contributed by atoms with Crippen molar-refractivity contribution in [3.63, 3.8) is 0 Å². The third-order valence-electron chi connectivity index (χ3n) is 13.6. The van der Waals surface area contributed by atoms with Gasteiger partial charge in [-0.25, -0.2) is 0 Å². The van der Waals surface area contributed by atoms with Gasteiger partial charge >= 0.3 is 0 Å². The molecule has 0 saturated heterocycles. The number of aliphatic hydroxyl groups is 2. The molecule has 69 heavy (non-hydrogen) atoms. The molecule has 0 aromatic rings. The van der Waals surface area contributed by atoms with Crippen molar-refractivity contribution in [2.45, 2.75) is 315 Å². The Balaban J connectivity index is 3.55. The van der Waals surface area contributed by atoms with E-state index in [2.05, 4.69) is 92.1 Å². The van der Waals surface area contributed by atoms with E-state index in [1.54, 1.807) is 6.08 Å². The van der Waals surface area contributed by atoms with Gasteiger partial charge in [0.15, 0.2) is 0 Å². The van der Waals surface area contributed by atoms with E-state index < -0.39 is 12.1 Å². The maximum Gasteiger partial charge on any atom is 0.220 e. The van der Waals surface area contributed by atoms with Crippen molar-refractivity contribution in [2.75, 3.05) is 6.61 Å². The molecular formula is C65H117NO3. The summed E-state index contributed by atoms with van der Waals surface area (Å²) >= 11 is 0. The van der Waals surface area contributed by atoms with Crippen LogP contribution in [0.3, 0.4) is 0 Å². The van der Waals surface area contributed by atoms with Gasteiger partial charge in [0.25, 0.3) is 0 Å². The molecule has 400 valence electrons. The average Bonchev–Trinajstić information content (AvgIpc) is 3.35. The van der Waals surface area contributed by atoms with Crippen molar-refractivity contribution in [2.24, 2.45) is 0 Å². The highest BCUT2D eigenvalue weighted by atomic mass is 16.3. The van der Waals surface area contributed by atoms with Crippen LogP contribution in [-0.4, -0.2) is 34.9 Å². The zero-order valence-corrected chi connectivity index (χ0v) is 46.1. The Morgan fingerprint density at radius 1 is 0.362 bits per heavy atom. The van der Waals surface area contributed by atoms with E-state index in [0.29, 0.717) is 6.42 Å². The molecule has 0 aliphatic rings. The van der Waals surface area contributed by atoms with Gasteiger partial charge in [0.2, 0.25) is 5.91 Å². The molecular weight excluding hydrogens is 843 g/mol. The smallest absolute Gasteiger partial charge is 0.220 e. The summed E-state index contributed by atoms with van der Waals surface area (Å²) in [5.41, 5.74) is 0. The molecule has 0 saturated carbocycles. The Labute approximate surface area is 431 Å². The van der Waals surface area contributed by atoms with E-state index in [-0.39, 0.29) is 12.5 Å². The standard InChI is InChI=1S/C65H117NO3/c1-3-5-7-9-11-13-15-17-19-21-23-25-27-29-31-32-33-35-36-38-40-42-44-46-48-50-52-54-56-58-60-64(68)63(62-67)66-65(69)61-59-57-55-53-51-49-47-45-43-41-39-37-34-30-28-26-24-22-20-18-16-14-12-10-8-6-4-2/h6,8,12,14,18,20,24,26,42,44,50,52,58,60,63-64,67-68H,3-5,7,9-11,13,15-17,19,21-23,25,27-41,43,45-49,51,53-57,59,61-62H2,1-2H3,(H,66,69)/b8-6-,14-12-,20-18-,26-24-,44-42+,52-50+,60-58+. The van der Waals surface area contributed by atoms with E-state index in [1.807, 2.05) is 6.08 Å². The fourth-order valence-corrected chi connectivity index (χ4v) is 9.03. The normalized spacial score (nSPS) is 13.4. The molecule has 0 aliphatic carbocycles. The molecule has 0 radical (unpaired) electrons. The molecule has 0 fully saturated rings. The third-order valence-corrected chi connectivity index (χ3v) is 13.6. The van der Waals surface area contributed by atoms with Gasteiger partial charge in [0, 0.05) is 6.42 Å². The van der Waals surface area contributed by atoms with Gasteiger partial charge in [-0.3, -0.25) is 4.79 Å². The van der Waals surface area contributed by atoms with Gasteiger partial charge in [-0.2, -0.15) is 0 Å². The number of hydrogen-bond donors (Lipinski definition) is 3. The van der Waals surface area contributed by atoms with E-state index in [4.69, 9.17) is 0 Å². The first-order chi connectivity index (χ1) is 34.2. The molecule has 0 aliphatic heterocycles. The number of rotatable bonds is 55. The molecule has 0 bridgehead atoms. The highest BCUT2D eigenvalue weighted by molar-refractivity contribution is 5.76. The Bertz CT molecular complexity index is 1230. The van der Waals surface area contributed by atoms with Crippen LogP contribution < -0.4 is 5.32 Å². The van der Waals surface area contributed by atoms with Gasteiger partial charge in [-0.05, 0) is 83.5 Å². The van der Waals surface area contributed by atoms with Crippen LogP contribution in [0.25, 0.3) is 0 Å². The minimum atomic E-state index is -0.876. The van der Waals surface area contributed by atoms with Crippen molar-refractivity contribution in [1.29, 1.82) is 0 Å². The molecule has 4 nitrogen and oxygen atoms in total. The van der Waals surface area contributed by atoms with Crippen molar-refractivity contribution < 1.29 is 15.0 Å². The first-order valence-electron chi connectivity index (χ1n) is 30.3. The van der Waals surface area contributed by atoms with Crippen LogP contribution in [0.5, 0.6) is 0 Å². The Kier molecular flexibility index (Phi) is 57.8. The summed E-state index contributed by atoms with van der Waals surface area (Å²) in [5, 5.41) is 23.2. The monoisotopic (exact) mass is 960 g/mol. The van der Waals surface area contributed by atoms with E-state index >= 15 is 0 Å². The summed E-state index contributed by atoms with van der Waals surface area (Å²) in [6, 6.07) is -0.652. The summed E-state index contributed by atoms with van der Waals surface area (Å²) in [6.07, 6.45) is 87.7. The van der Waals surface area contributed by atoms with Gasteiger partial charge in [-0.1, -0.05) is 298 Å². The zero-order chi connectivity index (χ0) is 49.9. The van der Waals surface area contributed by atoms with E-state index in [9.17, 15) is 15.0 Å². The molecule has 3 N–H and O–H groups in total. The van der Waals surface area contributed by atoms with Crippen LogP contribution in [0.15, 0.2) is 85.1 Å². The molecule has 4 heteroatoms. The van der Waals surface area contributed by atoms with Crippen LogP contribution in [0.2, 0.25) is 0 Å². The second-order valence-electron chi connectivity index (χ2n) is 20.4. The number of amides is 1. The third kappa shape index (κ3) is 56.4. The highest BCUT2D eigenvalue weighted by Gasteiger charge is 2.18. The molecule has 1 amide bonds. The van der Waals surface area contributed by atoms with E-state index in [0.717, 1.165) is 64.2 Å². The van der Waals surface area contributed by atoms with Gasteiger partial charge < -0.3 is 15.5 Å². The minimum absolute atomic E-state index is 0.0786. The van der Waals surface area contributed by atoms with Gasteiger partial charge in [0.05, 0.1) is 18.8 Å². The number of aliphatic hydroxyl groups excluding tert-OH is 2. The summed E-state index contributed by atoms with van der Waals surface area (Å²) in [6.45, 7) is 4.20. The van der Waals surface area contributed by atoms with Crippen LogP contribution >= 0.6 is 0 Å². The average molecular weight is 961 g/mol. The van der Waals surface area contributed by atoms with Crippen molar-refractivity contribution in [1.82, 2.24) is 5.32 Å². The van der Waals surface area contributed by atoms with Gasteiger partial charge in [-0.15, -0.1) is 0 Å². The number of hydrogen-bond acceptors (Lipinski definition) is 3. The summed E-state index contributed by atoms with van der Waals surface area (Å²) < 4.78 is 0. The van der Waals surface area contributed by atoms with Gasteiger partial charge in [0.1, 0.15) is 0 Å². The Morgan fingerprint density at radius 3 is 1.01 bits per heavy atom. The molecule has 2 atom stereocenters. The van der Waals surface area contributed by atoms with Crippen molar-refractivity contribution in [3.05, 3.63) is 85.1 Å². The van der Waals surface area contributed by atoms with Crippen LogP contribution in [0.1, 0.15) is 303 Å². The topological polar surface area (TPSA) is 69.6 Å². The summed E-state index contributed by atoms with van der Waals surface area (Å²) in [4.78, 5) is 12.5. The molecule has 0 aromatic heterocycles. The highest BCUT2D eigenvalue weighted by Crippen LogP contribution is 2.17. The molecule has 0 aromatic carbocycles. The van der Waals surface area contributed by atoms with Crippen molar-refractivity contribution in [3.8, 4) is 0 Å². The lowest BCUT2D eigenvalue weighted by Crippen LogP contribution is -2.45. The molecule has 0 heterocycles. The number of unbranched alkanes of at least 4 members (excludes halogenated alkanes) is 36. The summed E-state index contributed by atoms with van der Waals surface area (Å²) in [7, 11) is 0. The zero-order valence-electron chi connectivity index (χ0n) is 46.1. The predicted octanol–water partition coefficient (Wildman–Crippen LogP) is 20.3. The lowest BCUT2D eigenvalue weighted by Gasteiger charge is -2.19. The van der Waals surface area contributed by atoms with Crippen LogP contribution in [0.4, 0.5) is 0 Å². The summed E-state index contributed by atoms with van der Waals surface area (Å²) in [5.74, 6) is -0.0786. The largest absolute Gasteiger partial charge is 0.394 e. The lowest BCUT2D eigenvalue weighted by molar-refractivity contribution is -0.123. The SMILES string of the molecule is CC/C=C\C/C=C\C/C=C\C/C=C\CCCCCCCCCCCCCCCCC(=O)NC(CO)C(O)/C=C/CC/C=C/CC/C=C/CCCCCCCCCCCCCCCCCCCCCC. The quantitative estimate of drug-likeness (QED) is 0.0420. The molecule has 0 rings (SSSR count). The van der Waals surface area contributed by atoms with Crippen LogP contribution in [0, 0.1) is 0 Å². The fourth-order valence-electron chi connectivity index (χ4n) is 9.03. The minimum Gasteiger partial charge on any atom is -0.394 e. The number of carbonyl (C=O) groups is 1. The van der Waals surface area contributed by atoms with E-state index in [1.165, 1.54) is 218 Å². The maximum atomic E-state index is 12.5. The number of carbonyl (C=O) groups excluding carboxylic acids is 1. The first-order valence-corrected chi connectivity index (χ1v) is 30.3. The lowest BCUT2D eigenvalue weighted by atomic mass is 10.0. The second-order valence-corrected chi connectivity index (χ2v) is 20.4. The Hall–Kier alpha value is -2.43. The number of nitrogens with one attached hydrogen (secondary N) is 1. The Morgan fingerprint density at radius 2 is 0.652 bits per heavy atom. The first kappa shape index (κ1) is 66.6. The van der Waals surface area contributed by atoms with Crippen LogP contribution in [-0.2, 0) is 4.79 Å². The van der Waals surface area contributed by atoms with Crippen molar-refractivity contribution >= 4 is 5.91 Å². The molecule has 0 spiro atoms. The second kappa shape index (κ2) is 59.9. The fraction of sp³-hybridized carbons (Fsp3) is 0.769. The number of allylic oxidation sites excluding steroid dienone is 13. The maximum absolute atomic E-state index is 12.5.